The van der Waals surface area contributed by atoms with Crippen LogP contribution in [0, 0.1) is 5.92 Å². The van der Waals surface area contributed by atoms with Crippen molar-refractivity contribution >= 4 is 11.6 Å². The van der Waals surface area contributed by atoms with Crippen molar-refractivity contribution < 1.29 is 4.79 Å². The zero-order valence-corrected chi connectivity index (χ0v) is 18.7. The van der Waals surface area contributed by atoms with Gasteiger partial charge in [-0.3, -0.25) is 14.3 Å². The fourth-order valence-electron chi connectivity index (χ4n) is 4.15. The van der Waals surface area contributed by atoms with Crippen molar-refractivity contribution in [1.29, 1.82) is 0 Å². The molecule has 8 nitrogen and oxygen atoms in total. The summed E-state index contributed by atoms with van der Waals surface area (Å²) in [6.45, 7) is 7.88. The Morgan fingerprint density at radius 2 is 1.94 bits per heavy atom. The van der Waals surface area contributed by atoms with Gasteiger partial charge in [0.2, 0.25) is 5.91 Å². The molecule has 2 aromatic heterocycles. The van der Waals surface area contributed by atoms with Gasteiger partial charge in [-0.2, -0.15) is 10.2 Å². The van der Waals surface area contributed by atoms with Crippen LogP contribution < -0.4 is 10.5 Å². The lowest BCUT2D eigenvalue weighted by atomic mass is 10.1. The van der Waals surface area contributed by atoms with Gasteiger partial charge in [0.15, 0.2) is 0 Å². The highest BCUT2D eigenvalue weighted by Gasteiger charge is 2.31. The lowest BCUT2D eigenvalue weighted by molar-refractivity contribution is -0.135. The van der Waals surface area contributed by atoms with Crippen LogP contribution in [0.5, 0.6) is 0 Å². The van der Waals surface area contributed by atoms with E-state index in [1.807, 2.05) is 66.2 Å². The number of anilines is 1. The van der Waals surface area contributed by atoms with Crippen LogP contribution in [0.25, 0.3) is 0 Å². The maximum atomic E-state index is 13.1. The van der Waals surface area contributed by atoms with Crippen LogP contribution in [0.1, 0.15) is 31.4 Å². The van der Waals surface area contributed by atoms with Gasteiger partial charge in [-0.05, 0) is 25.8 Å². The second-order valence-corrected chi connectivity index (χ2v) is 8.18. The van der Waals surface area contributed by atoms with Gasteiger partial charge < -0.3 is 9.80 Å². The average molecular weight is 435 g/mol. The molecule has 1 aromatic carbocycles. The first-order valence-electron chi connectivity index (χ1n) is 11.2. The number of nitrogens with zero attached hydrogens (tertiary/aromatic N) is 6. The van der Waals surface area contributed by atoms with Crippen molar-refractivity contribution in [2.75, 3.05) is 24.5 Å². The van der Waals surface area contributed by atoms with Gasteiger partial charge in [0.1, 0.15) is 0 Å². The number of hydrogen-bond acceptors (Lipinski definition) is 5. The van der Waals surface area contributed by atoms with Crippen LogP contribution in [0.3, 0.4) is 0 Å². The van der Waals surface area contributed by atoms with Crippen LogP contribution in [0.15, 0.2) is 59.8 Å². The molecule has 1 aliphatic rings. The minimum atomic E-state index is -0.135. The number of carbonyl (C=O) groups excluding carboxylic acids is 1. The second-order valence-electron chi connectivity index (χ2n) is 8.18. The first kappa shape index (κ1) is 21.8. The summed E-state index contributed by atoms with van der Waals surface area (Å²) in [5.74, 6) is 0.0764. The average Bonchev–Trinajstić information content (AvgIpc) is 3.49. The van der Waals surface area contributed by atoms with E-state index in [-0.39, 0.29) is 17.4 Å². The van der Waals surface area contributed by atoms with Gasteiger partial charge in [0.05, 0.1) is 30.5 Å². The molecule has 0 N–H and O–H groups in total. The van der Waals surface area contributed by atoms with E-state index in [1.54, 1.807) is 12.3 Å². The van der Waals surface area contributed by atoms with E-state index >= 15 is 0 Å². The molecule has 1 saturated heterocycles. The Balaban J connectivity index is 1.39. The van der Waals surface area contributed by atoms with Crippen molar-refractivity contribution in [2.45, 2.75) is 39.9 Å². The van der Waals surface area contributed by atoms with Crippen molar-refractivity contribution in [3.63, 3.8) is 0 Å². The molecule has 1 amide bonds. The summed E-state index contributed by atoms with van der Waals surface area (Å²) in [6, 6.07) is 11.4. The molecule has 0 aliphatic carbocycles. The minimum absolute atomic E-state index is 0.0806. The maximum Gasteiger partial charge on any atom is 0.269 e. The van der Waals surface area contributed by atoms with Gasteiger partial charge in [0, 0.05) is 50.6 Å². The fourth-order valence-corrected chi connectivity index (χ4v) is 4.15. The summed E-state index contributed by atoms with van der Waals surface area (Å²) in [4.78, 5) is 29.7. The summed E-state index contributed by atoms with van der Waals surface area (Å²) in [5.41, 5.74) is 2.72. The van der Waals surface area contributed by atoms with Gasteiger partial charge in [-0.15, -0.1) is 0 Å². The molecule has 32 heavy (non-hydrogen) atoms. The molecule has 3 heterocycles. The highest BCUT2D eigenvalue weighted by Crippen LogP contribution is 2.24. The van der Waals surface area contributed by atoms with Crippen molar-refractivity contribution in [3.05, 3.63) is 76.5 Å². The monoisotopic (exact) mass is 434 g/mol. The summed E-state index contributed by atoms with van der Waals surface area (Å²) in [5, 5.41) is 8.67. The zero-order valence-electron chi connectivity index (χ0n) is 18.7. The predicted molar refractivity (Wildman–Crippen MR) is 123 cm³/mol. The number of aryl methyl sites for hydroxylation is 1. The van der Waals surface area contributed by atoms with Gasteiger partial charge in [0.25, 0.3) is 5.56 Å². The van der Waals surface area contributed by atoms with Crippen molar-refractivity contribution in [1.82, 2.24) is 24.5 Å². The van der Waals surface area contributed by atoms with E-state index in [9.17, 15) is 9.59 Å². The van der Waals surface area contributed by atoms with Crippen LogP contribution in [-0.2, 0) is 24.4 Å². The second kappa shape index (κ2) is 9.80. The third kappa shape index (κ3) is 4.90. The largest absolute Gasteiger partial charge is 0.369 e. The molecule has 0 bridgehead atoms. The Labute approximate surface area is 188 Å². The summed E-state index contributed by atoms with van der Waals surface area (Å²) in [7, 11) is 0. The van der Waals surface area contributed by atoms with Gasteiger partial charge in [-0.25, -0.2) is 4.68 Å². The van der Waals surface area contributed by atoms with Gasteiger partial charge in [-0.1, -0.05) is 30.3 Å². The van der Waals surface area contributed by atoms with Crippen LogP contribution >= 0.6 is 0 Å². The molecule has 168 valence electrons. The molecule has 0 saturated carbocycles. The Morgan fingerprint density at radius 1 is 1.12 bits per heavy atom. The van der Waals surface area contributed by atoms with E-state index in [4.69, 9.17) is 0 Å². The number of aromatic nitrogens is 4. The topological polar surface area (TPSA) is 76.3 Å². The van der Waals surface area contributed by atoms with Crippen molar-refractivity contribution in [2.24, 2.45) is 5.92 Å². The fraction of sp³-hybridized carbons (Fsp3) is 0.417. The SMILES string of the molecule is CCN(Cc1cnn(CC)c1)C(=O)C1CCN(c2cnn(Cc3ccccc3)c(=O)c2)C1. The lowest BCUT2D eigenvalue weighted by Gasteiger charge is -2.24. The Morgan fingerprint density at radius 3 is 2.62 bits per heavy atom. The number of hydrogen-bond donors (Lipinski definition) is 0. The quantitative estimate of drug-likeness (QED) is 0.544. The lowest BCUT2D eigenvalue weighted by Crippen LogP contribution is -2.37. The molecule has 8 heteroatoms. The van der Waals surface area contributed by atoms with E-state index in [1.165, 1.54) is 4.68 Å². The zero-order chi connectivity index (χ0) is 22.5. The smallest absolute Gasteiger partial charge is 0.269 e. The Bertz CT molecular complexity index is 1110. The number of amides is 1. The maximum absolute atomic E-state index is 13.1. The molecule has 4 rings (SSSR count). The van der Waals surface area contributed by atoms with Crippen LogP contribution in [0.4, 0.5) is 5.69 Å². The third-order valence-electron chi connectivity index (χ3n) is 6.01. The molecule has 0 radical (unpaired) electrons. The first-order valence-corrected chi connectivity index (χ1v) is 11.2. The van der Waals surface area contributed by atoms with Crippen LogP contribution in [-0.4, -0.2) is 50.0 Å². The minimum Gasteiger partial charge on any atom is -0.369 e. The highest BCUT2D eigenvalue weighted by atomic mass is 16.2. The molecule has 1 aliphatic heterocycles. The van der Waals surface area contributed by atoms with Crippen molar-refractivity contribution in [3.8, 4) is 0 Å². The molecular formula is C24H30N6O2. The third-order valence-corrected chi connectivity index (χ3v) is 6.01. The summed E-state index contributed by atoms with van der Waals surface area (Å²) < 4.78 is 3.34. The predicted octanol–water partition coefficient (Wildman–Crippen LogP) is 2.38. The normalized spacial score (nSPS) is 15.8. The molecule has 3 aromatic rings. The first-order chi connectivity index (χ1) is 15.6. The Hall–Kier alpha value is -3.42. The molecule has 1 atom stereocenters. The molecule has 0 spiro atoms. The standard InChI is InChI=1S/C24H30N6O2/c1-3-27(15-20-13-25-29(4-2)16-20)24(32)21-10-11-28(18-21)22-12-23(31)30(26-14-22)17-19-8-6-5-7-9-19/h5-9,12-14,16,21H,3-4,10-11,15,17-18H2,1-2H3. The van der Waals surface area contributed by atoms with E-state index in [0.717, 1.165) is 36.3 Å². The highest BCUT2D eigenvalue weighted by molar-refractivity contribution is 5.80. The molecular weight excluding hydrogens is 404 g/mol. The Kier molecular flexibility index (Phi) is 6.68. The van der Waals surface area contributed by atoms with E-state index < -0.39 is 0 Å². The molecule has 1 unspecified atom stereocenters. The summed E-state index contributed by atoms with van der Waals surface area (Å²) >= 11 is 0. The van der Waals surface area contributed by atoms with Crippen LogP contribution in [0.2, 0.25) is 0 Å². The molecule has 1 fully saturated rings. The van der Waals surface area contributed by atoms with E-state index in [0.29, 0.717) is 26.2 Å². The summed E-state index contributed by atoms with van der Waals surface area (Å²) in [6.07, 6.45) is 6.33. The van der Waals surface area contributed by atoms with Gasteiger partial charge >= 0.3 is 0 Å². The number of benzene rings is 1. The van der Waals surface area contributed by atoms with E-state index in [2.05, 4.69) is 15.1 Å². The number of carbonyl (C=O) groups is 1. The number of rotatable bonds is 8.